The van der Waals surface area contributed by atoms with Crippen molar-refractivity contribution in [3.63, 3.8) is 0 Å². The van der Waals surface area contributed by atoms with Gasteiger partial charge in [-0.15, -0.1) is 0 Å². The summed E-state index contributed by atoms with van der Waals surface area (Å²) in [5.74, 6) is 0. The third-order valence-electron chi connectivity index (χ3n) is 2.57. The summed E-state index contributed by atoms with van der Waals surface area (Å²) in [6, 6.07) is 5.25. The number of hydrogen-bond acceptors (Lipinski definition) is 2. The second-order valence-corrected chi connectivity index (χ2v) is 5.40. The first kappa shape index (κ1) is 10.4. The van der Waals surface area contributed by atoms with Gasteiger partial charge < -0.3 is 0 Å². The van der Waals surface area contributed by atoms with E-state index >= 15 is 0 Å². The highest BCUT2D eigenvalue weighted by atomic mass is 32.2. The van der Waals surface area contributed by atoms with Gasteiger partial charge in [-0.1, -0.05) is 18.2 Å². The molecule has 0 aromatic heterocycles. The van der Waals surface area contributed by atoms with E-state index in [1.165, 1.54) is 7.05 Å². The Morgan fingerprint density at radius 3 is 2.87 bits per heavy atom. The van der Waals surface area contributed by atoms with Crippen molar-refractivity contribution in [2.75, 3.05) is 7.05 Å². The predicted molar refractivity (Wildman–Crippen MR) is 60.0 cm³/mol. The van der Waals surface area contributed by atoms with E-state index in [0.717, 1.165) is 24.0 Å². The summed E-state index contributed by atoms with van der Waals surface area (Å²) in [6.07, 6.45) is 6.04. The molecule has 2 rings (SSSR count). The number of hydrogen-bond donors (Lipinski definition) is 1. The molecule has 0 aliphatic heterocycles. The van der Waals surface area contributed by atoms with Crippen molar-refractivity contribution in [1.82, 2.24) is 4.72 Å². The molecule has 1 aliphatic rings. The maximum Gasteiger partial charge on any atom is 0.240 e. The van der Waals surface area contributed by atoms with Crippen molar-refractivity contribution in [3.05, 3.63) is 35.4 Å². The van der Waals surface area contributed by atoms with E-state index in [1.54, 1.807) is 12.1 Å². The molecule has 0 radical (unpaired) electrons. The van der Waals surface area contributed by atoms with Crippen LogP contribution in [-0.2, 0) is 16.4 Å². The fraction of sp³-hybridized carbons (Fsp3) is 0.273. The monoisotopic (exact) mass is 223 g/mol. The lowest BCUT2D eigenvalue weighted by Gasteiger charge is -2.11. The van der Waals surface area contributed by atoms with E-state index in [2.05, 4.69) is 10.8 Å². The maximum atomic E-state index is 11.6. The van der Waals surface area contributed by atoms with Crippen LogP contribution < -0.4 is 4.72 Å². The zero-order chi connectivity index (χ0) is 10.9. The van der Waals surface area contributed by atoms with Crippen LogP contribution in [0.2, 0.25) is 0 Å². The van der Waals surface area contributed by atoms with Gasteiger partial charge in [0.15, 0.2) is 0 Å². The molecular weight excluding hydrogens is 210 g/mol. The zero-order valence-electron chi connectivity index (χ0n) is 8.53. The molecule has 0 unspecified atom stereocenters. The van der Waals surface area contributed by atoms with Crippen LogP contribution in [0.25, 0.3) is 6.08 Å². The highest BCUT2D eigenvalue weighted by molar-refractivity contribution is 7.89. The quantitative estimate of drug-likeness (QED) is 0.827. The molecule has 0 bridgehead atoms. The van der Waals surface area contributed by atoms with Crippen LogP contribution >= 0.6 is 0 Å². The number of rotatable bonds is 2. The van der Waals surface area contributed by atoms with Gasteiger partial charge in [-0.3, -0.25) is 0 Å². The van der Waals surface area contributed by atoms with Gasteiger partial charge in [0, 0.05) is 0 Å². The fourth-order valence-electron chi connectivity index (χ4n) is 1.70. The largest absolute Gasteiger partial charge is 0.240 e. The summed E-state index contributed by atoms with van der Waals surface area (Å²) < 4.78 is 25.4. The van der Waals surface area contributed by atoms with Crippen molar-refractivity contribution >= 4 is 16.1 Å². The van der Waals surface area contributed by atoms with Crippen LogP contribution in [0, 0.1) is 0 Å². The summed E-state index contributed by atoms with van der Waals surface area (Å²) in [5.41, 5.74) is 2.23. The Labute approximate surface area is 89.9 Å². The van der Waals surface area contributed by atoms with Crippen LogP contribution in [0.15, 0.2) is 29.2 Å². The lowest BCUT2D eigenvalue weighted by Crippen LogP contribution is -2.18. The van der Waals surface area contributed by atoms with Gasteiger partial charge in [-0.05, 0) is 43.1 Å². The Hall–Kier alpha value is -1.13. The molecule has 0 atom stereocenters. The second-order valence-electron chi connectivity index (χ2n) is 3.51. The van der Waals surface area contributed by atoms with Crippen molar-refractivity contribution < 1.29 is 8.42 Å². The lowest BCUT2D eigenvalue weighted by molar-refractivity contribution is 0.588. The molecule has 0 saturated carbocycles. The van der Waals surface area contributed by atoms with Gasteiger partial charge in [0.25, 0.3) is 0 Å². The van der Waals surface area contributed by atoms with Crippen molar-refractivity contribution in [3.8, 4) is 0 Å². The molecule has 0 amide bonds. The minimum absolute atomic E-state index is 0.346. The molecule has 0 heterocycles. The highest BCUT2D eigenvalue weighted by Crippen LogP contribution is 2.22. The molecule has 1 aromatic carbocycles. The van der Waals surface area contributed by atoms with E-state index in [9.17, 15) is 8.42 Å². The first-order valence-corrected chi connectivity index (χ1v) is 6.35. The number of benzene rings is 1. The zero-order valence-corrected chi connectivity index (χ0v) is 9.34. The molecule has 0 saturated heterocycles. The van der Waals surface area contributed by atoms with E-state index in [0.29, 0.717) is 4.90 Å². The van der Waals surface area contributed by atoms with Crippen LogP contribution in [-0.4, -0.2) is 15.5 Å². The van der Waals surface area contributed by atoms with E-state index in [1.807, 2.05) is 12.1 Å². The standard InChI is InChI=1S/C11H13NO2S/c1-12-15(13,14)11-7-6-9-4-2-3-5-10(9)8-11/h2,4,6-8,12H,3,5H2,1H3. The Balaban J connectivity index is 2.50. The summed E-state index contributed by atoms with van der Waals surface area (Å²) in [4.78, 5) is 0.346. The molecule has 0 fully saturated rings. The summed E-state index contributed by atoms with van der Waals surface area (Å²) in [6.45, 7) is 0. The van der Waals surface area contributed by atoms with Crippen molar-refractivity contribution in [2.24, 2.45) is 0 Å². The molecule has 1 aromatic rings. The van der Waals surface area contributed by atoms with Crippen LogP contribution in [0.4, 0.5) is 0 Å². The Morgan fingerprint density at radius 2 is 2.13 bits per heavy atom. The molecule has 4 heteroatoms. The smallest absolute Gasteiger partial charge is 0.214 e. The van der Waals surface area contributed by atoms with Gasteiger partial charge >= 0.3 is 0 Å². The Kier molecular flexibility index (Phi) is 2.63. The van der Waals surface area contributed by atoms with Crippen LogP contribution in [0.3, 0.4) is 0 Å². The summed E-state index contributed by atoms with van der Waals surface area (Å²) >= 11 is 0. The molecule has 1 N–H and O–H groups in total. The summed E-state index contributed by atoms with van der Waals surface area (Å²) in [7, 11) is -1.88. The molecule has 80 valence electrons. The van der Waals surface area contributed by atoms with Gasteiger partial charge in [-0.2, -0.15) is 0 Å². The molecule has 15 heavy (non-hydrogen) atoms. The maximum absolute atomic E-state index is 11.6. The third kappa shape index (κ3) is 1.96. The number of fused-ring (bicyclic) bond motifs is 1. The lowest BCUT2D eigenvalue weighted by atomic mass is 9.98. The third-order valence-corrected chi connectivity index (χ3v) is 3.98. The predicted octanol–water partition coefficient (Wildman–Crippen LogP) is 1.55. The number of aryl methyl sites for hydroxylation is 1. The SMILES string of the molecule is CNS(=O)(=O)c1ccc2c(c1)CCC=C2. The fourth-order valence-corrected chi connectivity index (χ4v) is 2.48. The average molecular weight is 223 g/mol. The second kappa shape index (κ2) is 3.79. The Morgan fingerprint density at radius 1 is 1.33 bits per heavy atom. The Bertz CT molecular complexity index is 503. The van der Waals surface area contributed by atoms with Crippen molar-refractivity contribution in [1.29, 1.82) is 0 Å². The molecule has 0 spiro atoms. The van der Waals surface area contributed by atoms with Gasteiger partial charge in [0.05, 0.1) is 4.90 Å². The number of allylic oxidation sites excluding steroid dienone is 1. The summed E-state index contributed by atoms with van der Waals surface area (Å²) in [5, 5.41) is 0. The first-order chi connectivity index (χ1) is 7.13. The highest BCUT2D eigenvalue weighted by Gasteiger charge is 2.13. The van der Waals surface area contributed by atoms with Gasteiger partial charge in [0.2, 0.25) is 10.0 Å². The van der Waals surface area contributed by atoms with E-state index in [-0.39, 0.29) is 0 Å². The van der Waals surface area contributed by atoms with E-state index in [4.69, 9.17) is 0 Å². The van der Waals surface area contributed by atoms with Crippen molar-refractivity contribution in [2.45, 2.75) is 17.7 Å². The normalized spacial score (nSPS) is 15.0. The minimum atomic E-state index is -3.31. The minimum Gasteiger partial charge on any atom is -0.214 e. The number of nitrogens with one attached hydrogen (secondary N) is 1. The topological polar surface area (TPSA) is 46.2 Å². The van der Waals surface area contributed by atoms with Gasteiger partial charge in [-0.25, -0.2) is 13.1 Å². The molecule has 3 nitrogen and oxygen atoms in total. The average Bonchev–Trinajstić information content (AvgIpc) is 2.28. The molecule has 1 aliphatic carbocycles. The van der Waals surface area contributed by atoms with E-state index < -0.39 is 10.0 Å². The van der Waals surface area contributed by atoms with Crippen LogP contribution in [0.5, 0.6) is 0 Å². The number of sulfonamides is 1. The van der Waals surface area contributed by atoms with Crippen LogP contribution in [0.1, 0.15) is 17.5 Å². The van der Waals surface area contributed by atoms with Gasteiger partial charge in [0.1, 0.15) is 0 Å². The molecular formula is C11H13NO2S. The first-order valence-electron chi connectivity index (χ1n) is 4.86.